The lowest BCUT2D eigenvalue weighted by Gasteiger charge is -2.32. The first-order valence-corrected chi connectivity index (χ1v) is 9.81. The summed E-state index contributed by atoms with van der Waals surface area (Å²) in [5.41, 5.74) is 5.26. The topological polar surface area (TPSA) is 87.7 Å². The van der Waals surface area contributed by atoms with Gasteiger partial charge in [-0.3, -0.25) is 9.59 Å². The maximum Gasteiger partial charge on any atom is 0.353 e. The molecule has 2 amide bonds. The minimum absolute atomic E-state index is 0.118. The van der Waals surface area contributed by atoms with Crippen molar-refractivity contribution in [3.8, 4) is 11.1 Å². The molecule has 2 aromatic rings. The SMILES string of the molecule is C=C(NC(=O)C(=C)N1CCc2cccc(-c3ccc(NC(C)=O)cc3)c2C1)C(=O)OC. The Kier molecular flexibility index (Phi) is 6.55. The zero-order valence-corrected chi connectivity index (χ0v) is 17.7. The van der Waals surface area contributed by atoms with Gasteiger partial charge in [-0.2, -0.15) is 0 Å². The summed E-state index contributed by atoms with van der Waals surface area (Å²) in [5.74, 6) is -1.31. The number of carbonyl (C=O) groups excluding carboxylic acids is 3. The van der Waals surface area contributed by atoms with E-state index in [1.807, 2.05) is 41.3 Å². The van der Waals surface area contributed by atoms with E-state index in [1.54, 1.807) is 0 Å². The summed E-state index contributed by atoms with van der Waals surface area (Å²) in [6.45, 7) is 10.0. The number of rotatable bonds is 6. The van der Waals surface area contributed by atoms with Gasteiger partial charge in [0.05, 0.1) is 12.8 Å². The van der Waals surface area contributed by atoms with E-state index in [-0.39, 0.29) is 17.3 Å². The molecule has 0 saturated heterocycles. The Morgan fingerprint density at radius 2 is 1.77 bits per heavy atom. The molecule has 31 heavy (non-hydrogen) atoms. The molecule has 2 N–H and O–H groups in total. The molecule has 1 aliphatic heterocycles. The van der Waals surface area contributed by atoms with Gasteiger partial charge in [0.15, 0.2) is 0 Å². The fourth-order valence-electron chi connectivity index (χ4n) is 3.55. The molecule has 0 saturated carbocycles. The van der Waals surface area contributed by atoms with Gasteiger partial charge in [-0.25, -0.2) is 4.79 Å². The van der Waals surface area contributed by atoms with Crippen molar-refractivity contribution in [2.45, 2.75) is 19.9 Å². The van der Waals surface area contributed by atoms with E-state index >= 15 is 0 Å². The van der Waals surface area contributed by atoms with Crippen molar-refractivity contribution < 1.29 is 19.1 Å². The van der Waals surface area contributed by atoms with Crippen LogP contribution in [0.2, 0.25) is 0 Å². The van der Waals surface area contributed by atoms with E-state index < -0.39 is 11.9 Å². The molecule has 3 rings (SSSR count). The monoisotopic (exact) mass is 419 g/mol. The summed E-state index contributed by atoms with van der Waals surface area (Å²) in [7, 11) is 1.22. The third-order valence-electron chi connectivity index (χ3n) is 5.13. The van der Waals surface area contributed by atoms with Gasteiger partial charge in [-0.1, -0.05) is 43.5 Å². The first-order valence-electron chi connectivity index (χ1n) is 9.81. The molecular weight excluding hydrogens is 394 g/mol. The second-order valence-corrected chi connectivity index (χ2v) is 7.24. The third kappa shape index (κ3) is 5.01. The number of esters is 1. The van der Waals surface area contributed by atoms with E-state index in [9.17, 15) is 14.4 Å². The van der Waals surface area contributed by atoms with Gasteiger partial charge >= 0.3 is 5.97 Å². The number of hydrogen-bond acceptors (Lipinski definition) is 5. The van der Waals surface area contributed by atoms with Crippen molar-refractivity contribution in [2.24, 2.45) is 0 Å². The van der Waals surface area contributed by atoms with Crippen LogP contribution in [-0.4, -0.2) is 36.3 Å². The highest BCUT2D eigenvalue weighted by atomic mass is 16.5. The average molecular weight is 419 g/mol. The minimum Gasteiger partial charge on any atom is -0.464 e. The predicted octanol–water partition coefficient (Wildman–Crippen LogP) is 2.99. The summed E-state index contributed by atoms with van der Waals surface area (Å²) in [6, 6.07) is 13.8. The Balaban J connectivity index is 1.80. The zero-order chi connectivity index (χ0) is 22.5. The summed E-state index contributed by atoms with van der Waals surface area (Å²) < 4.78 is 4.56. The number of hydrogen-bond donors (Lipinski definition) is 2. The van der Waals surface area contributed by atoms with Crippen LogP contribution in [0.1, 0.15) is 18.1 Å². The Morgan fingerprint density at radius 3 is 2.42 bits per heavy atom. The van der Waals surface area contributed by atoms with E-state index in [1.165, 1.54) is 19.6 Å². The molecule has 160 valence electrons. The van der Waals surface area contributed by atoms with Crippen molar-refractivity contribution >= 4 is 23.5 Å². The highest BCUT2D eigenvalue weighted by molar-refractivity contribution is 5.99. The molecule has 0 aromatic heterocycles. The standard InChI is InChI=1S/C24H25N3O4/c1-15(24(30)31-4)25-23(29)16(2)27-13-12-18-6-5-7-21(22(18)14-27)19-8-10-20(11-9-19)26-17(3)28/h5-11H,1-2,12-14H2,3-4H3,(H,25,29)(H,26,28). The lowest BCUT2D eigenvalue weighted by atomic mass is 9.91. The minimum atomic E-state index is -0.699. The number of ether oxygens (including phenoxy) is 1. The summed E-state index contributed by atoms with van der Waals surface area (Å²) >= 11 is 0. The summed E-state index contributed by atoms with van der Waals surface area (Å²) in [6.07, 6.45) is 0.761. The predicted molar refractivity (Wildman–Crippen MR) is 119 cm³/mol. The van der Waals surface area contributed by atoms with E-state index in [0.717, 1.165) is 28.8 Å². The number of anilines is 1. The molecule has 7 heteroatoms. The molecule has 0 unspecified atom stereocenters. The van der Waals surface area contributed by atoms with Crippen LogP contribution in [0.5, 0.6) is 0 Å². The second-order valence-electron chi connectivity index (χ2n) is 7.24. The van der Waals surface area contributed by atoms with Crippen molar-refractivity contribution in [1.29, 1.82) is 0 Å². The van der Waals surface area contributed by atoms with Crippen LogP contribution in [0.25, 0.3) is 11.1 Å². The van der Waals surface area contributed by atoms with Crippen LogP contribution >= 0.6 is 0 Å². The Hall–Kier alpha value is -3.87. The number of nitrogens with zero attached hydrogens (tertiary/aromatic N) is 1. The fourth-order valence-corrected chi connectivity index (χ4v) is 3.55. The Labute approximate surface area is 181 Å². The molecule has 2 aromatic carbocycles. The van der Waals surface area contributed by atoms with E-state index in [0.29, 0.717) is 13.1 Å². The molecule has 0 fully saturated rings. The maximum atomic E-state index is 12.5. The number of carbonyl (C=O) groups is 3. The Bertz CT molecular complexity index is 1060. The van der Waals surface area contributed by atoms with Crippen LogP contribution in [0.15, 0.2) is 67.0 Å². The molecule has 7 nitrogen and oxygen atoms in total. The highest BCUT2D eigenvalue weighted by Crippen LogP contribution is 2.32. The largest absolute Gasteiger partial charge is 0.464 e. The van der Waals surface area contributed by atoms with Gasteiger partial charge < -0.3 is 20.3 Å². The van der Waals surface area contributed by atoms with Crippen LogP contribution in [0.3, 0.4) is 0 Å². The van der Waals surface area contributed by atoms with Crippen molar-refractivity contribution in [3.63, 3.8) is 0 Å². The van der Waals surface area contributed by atoms with Gasteiger partial charge in [0.25, 0.3) is 5.91 Å². The molecule has 0 aliphatic carbocycles. The lowest BCUT2D eigenvalue weighted by Crippen LogP contribution is -2.38. The van der Waals surface area contributed by atoms with Crippen LogP contribution in [-0.2, 0) is 32.1 Å². The van der Waals surface area contributed by atoms with E-state index in [2.05, 4.69) is 34.6 Å². The number of amides is 2. The number of fused-ring (bicyclic) bond motifs is 1. The zero-order valence-electron chi connectivity index (χ0n) is 17.7. The number of benzene rings is 2. The molecule has 0 spiro atoms. The van der Waals surface area contributed by atoms with Crippen LogP contribution in [0, 0.1) is 0 Å². The molecule has 1 aliphatic rings. The van der Waals surface area contributed by atoms with Gasteiger partial charge in [0.2, 0.25) is 5.91 Å². The first kappa shape index (κ1) is 21.8. The highest BCUT2D eigenvalue weighted by Gasteiger charge is 2.24. The van der Waals surface area contributed by atoms with Crippen molar-refractivity contribution in [2.75, 3.05) is 19.0 Å². The molecule has 0 radical (unpaired) electrons. The normalized spacial score (nSPS) is 12.4. The van der Waals surface area contributed by atoms with Gasteiger partial charge in [-0.15, -0.1) is 0 Å². The third-order valence-corrected chi connectivity index (χ3v) is 5.13. The molecular formula is C24H25N3O4. The first-order chi connectivity index (χ1) is 14.8. The molecule has 0 atom stereocenters. The van der Waals surface area contributed by atoms with Gasteiger partial charge in [0.1, 0.15) is 5.70 Å². The Morgan fingerprint density at radius 1 is 1.06 bits per heavy atom. The van der Waals surface area contributed by atoms with E-state index in [4.69, 9.17) is 0 Å². The number of methoxy groups -OCH3 is 1. The summed E-state index contributed by atoms with van der Waals surface area (Å²) in [5, 5.41) is 5.20. The second kappa shape index (κ2) is 9.30. The average Bonchev–Trinajstić information content (AvgIpc) is 2.77. The maximum absolute atomic E-state index is 12.5. The quantitative estimate of drug-likeness (QED) is 0.555. The molecule has 0 bridgehead atoms. The van der Waals surface area contributed by atoms with Gasteiger partial charge in [0, 0.05) is 25.7 Å². The van der Waals surface area contributed by atoms with Gasteiger partial charge in [-0.05, 0) is 40.8 Å². The fraction of sp³-hybridized carbons (Fsp3) is 0.208. The van der Waals surface area contributed by atoms with Crippen molar-refractivity contribution in [3.05, 3.63) is 78.1 Å². The van der Waals surface area contributed by atoms with Crippen LogP contribution in [0.4, 0.5) is 5.69 Å². The smallest absolute Gasteiger partial charge is 0.353 e. The van der Waals surface area contributed by atoms with Crippen LogP contribution < -0.4 is 10.6 Å². The number of nitrogens with one attached hydrogen (secondary N) is 2. The van der Waals surface area contributed by atoms with Crippen molar-refractivity contribution in [1.82, 2.24) is 10.2 Å². The molecule has 1 heterocycles. The lowest BCUT2D eigenvalue weighted by molar-refractivity contribution is -0.137. The summed E-state index contributed by atoms with van der Waals surface area (Å²) in [4.78, 5) is 37.1.